The molecule has 6 heteroatoms. The summed E-state index contributed by atoms with van der Waals surface area (Å²) in [5.41, 5.74) is 7.01. The van der Waals surface area contributed by atoms with Gasteiger partial charge in [-0.05, 0) is 18.4 Å². The van der Waals surface area contributed by atoms with E-state index in [1.54, 1.807) is 0 Å². The first-order chi connectivity index (χ1) is 10.8. The van der Waals surface area contributed by atoms with Gasteiger partial charge < -0.3 is 20.5 Å². The maximum Gasteiger partial charge on any atom is 0.221 e. The van der Waals surface area contributed by atoms with Gasteiger partial charge in [-0.25, -0.2) is 0 Å². The molecule has 2 unspecified atom stereocenters. The summed E-state index contributed by atoms with van der Waals surface area (Å²) >= 11 is 0. The molecule has 5 nitrogen and oxygen atoms in total. The van der Waals surface area contributed by atoms with Crippen molar-refractivity contribution in [3.63, 3.8) is 0 Å². The monoisotopic (exact) mass is 342 g/mol. The second-order valence-corrected chi connectivity index (χ2v) is 5.73. The van der Waals surface area contributed by atoms with E-state index in [0.29, 0.717) is 25.5 Å². The van der Waals surface area contributed by atoms with E-state index in [4.69, 9.17) is 15.2 Å². The minimum atomic E-state index is -0.250. The standard InChI is InChI=1S/C17H26N2O3.ClH/c18-16(15-5-2-1-3-6-15)11-17(20)19-8-4-9-21-12-14-7-10-22-13-14;/h1-3,5-6,14,16H,4,7-13,18H2,(H,19,20);1H. The Morgan fingerprint density at radius 3 is 2.87 bits per heavy atom. The first-order valence-corrected chi connectivity index (χ1v) is 7.98. The van der Waals surface area contributed by atoms with Crippen molar-refractivity contribution in [1.29, 1.82) is 0 Å². The van der Waals surface area contributed by atoms with Crippen molar-refractivity contribution in [2.75, 3.05) is 33.0 Å². The highest BCUT2D eigenvalue weighted by atomic mass is 35.5. The van der Waals surface area contributed by atoms with Gasteiger partial charge in [0.1, 0.15) is 0 Å². The molecule has 1 heterocycles. The van der Waals surface area contributed by atoms with Gasteiger partial charge >= 0.3 is 0 Å². The molecule has 3 N–H and O–H groups in total. The number of ether oxygens (including phenoxy) is 2. The molecule has 0 saturated carbocycles. The predicted molar refractivity (Wildman–Crippen MR) is 92.6 cm³/mol. The highest BCUT2D eigenvalue weighted by Gasteiger charge is 2.15. The Morgan fingerprint density at radius 2 is 2.17 bits per heavy atom. The summed E-state index contributed by atoms with van der Waals surface area (Å²) in [6, 6.07) is 9.44. The van der Waals surface area contributed by atoms with Crippen LogP contribution in [0.1, 0.15) is 30.9 Å². The summed E-state index contributed by atoms with van der Waals surface area (Å²) in [4.78, 5) is 11.8. The Kier molecular flexibility index (Phi) is 9.87. The van der Waals surface area contributed by atoms with Gasteiger partial charge in [0, 0.05) is 38.1 Å². The quantitative estimate of drug-likeness (QED) is 0.674. The first-order valence-electron chi connectivity index (χ1n) is 7.98. The van der Waals surface area contributed by atoms with Crippen LogP contribution in [0, 0.1) is 5.92 Å². The van der Waals surface area contributed by atoms with Crippen molar-refractivity contribution in [2.45, 2.75) is 25.3 Å². The van der Waals surface area contributed by atoms with Crippen LogP contribution in [0.5, 0.6) is 0 Å². The van der Waals surface area contributed by atoms with Crippen LogP contribution in [0.3, 0.4) is 0 Å². The lowest BCUT2D eigenvalue weighted by Gasteiger charge is -2.12. The Balaban J connectivity index is 0.00000264. The van der Waals surface area contributed by atoms with Crippen molar-refractivity contribution in [3.05, 3.63) is 35.9 Å². The van der Waals surface area contributed by atoms with E-state index < -0.39 is 0 Å². The number of hydrogen-bond acceptors (Lipinski definition) is 4. The van der Waals surface area contributed by atoms with E-state index in [1.807, 2.05) is 30.3 Å². The summed E-state index contributed by atoms with van der Waals surface area (Å²) < 4.78 is 10.9. The number of carbonyl (C=O) groups is 1. The fourth-order valence-corrected chi connectivity index (χ4v) is 2.46. The summed E-state index contributed by atoms with van der Waals surface area (Å²) in [6.07, 6.45) is 2.22. The number of benzene rings is 1. The number of halogens is 1. The van der Waals surface area contributed by atoms with E-state index in [1.165, 1.54) is 0 Å². The van der Waals surface area contributed by atoms with Crippen LogP contribution in [-0.4, -0.2) is 38.9 Å². The van der Waals surface area contributed by atoms with Gasteiger partial charge in [-0.1, -0.05) is 30.3 Å². The van der Waals surface area contributed by atoms with E-state index in [9.17, 15) is 4.79 Å². The van der Waals surface area contributed by atoms with Crippen molar-refractivity contribution >= 4 is 18.3 Å². The molecular weight excluding hydrogens is 316 g/mol. The highest BCUT2D eigenvalue weighted by Crippen LogP contribution is 2.13. The molecule has 0 spiro atoms. The molecule has 0 aliphatic carbocycles. The van der Waals surface area contributed by atoms with E-state index in [0.717, 1.165) is 38.2 Å². The Hall–Kier alpha value is -1.14. The third kappa shape index (κ3) is 7.79. The zero-order chi connectivity index (χ0) is 15.6. The van der Waals surface area contributed by atoms with Crippen LogP contribution < -0.4 is 11.1 Å². The molecule has 0 aromatic heterocycles. The average Bonchev–Trinajstić information content (AvgIpc) is 3.05. The lowest BCUT2D eigenvalue weighted by Crippen LogP contribution is -2.29. The van der Waals surface area contributed by atoms with Crippen molar-refractivity contribution < 1.29 is 14.3 Å². The molecule has 2 atom stereocenters. The number of nitrogens with one attached hydrogen (secondary N) is 1. The first kappa shape index (κ1) is 19.9. The molecule has 1 saturated heterocycles. The van der Waals surface area contributed by atoms with Crippen LogP contribution in [-0.2, 0) is 14.3 Å². The third-order valence-electron chi connectivity index (χ3n) is 3.80. The average molecular weight is 343 g/mol. The van der Waals surface area contributed by atoms with Crippen LogP contribution in [0.15, 0.2) is 30.3 Å². The Bertz CT molecular complexity index is 439. The van der Waals surface area contributed by atoms with Gasteiger partial charge in [0.05, 0.1) is 13.2 Å². The van der Waals surface area contributed by atoms with Crippen molar-refractivity contribution in [2.24, 2.45) is 11.7 Å². The summed E-state index contributed by atoms with van der Waals surface area (Å²) in [7, 11) is 0. The Labute approximate surface area is 144 Å². The normalized spacial score (nSPS) is 18.2. The molecule has 2 rings (SSSR count). The predicted octanol–water partition coefficient (Wildman–Crippen LogP) is 2.06. The molecule has 23 heavy (non-hydrogen) atoms. The zero-order valence-corrected chi connectivity index (χ0v) is 14.2. The third-order valence-corrected chi connectivity index (χ3v) is 3.80. The molecule has 0 bridgehead atoms. The van der Waals surface area contributed by atoms with Crippen molar-refractivity contribution in [3.8, 4) is 0 Å². The van der Waals surface area contributed by atoms with Gasteiger partial charge in [-0.2, -0.15) is 0 Å². The molecule has 1 aromatic rings. The fourth-order valence-electron chi connectivity index (χ4n) is 2.46. The number of hydrogen-bond donors (Lipinski definition) is 2. The maximum absolute atomic E-state index is 11.8. The van der Waals surface area contributed by atoms with Gasteiger partial charge in [0.15, 0.2) is 0 Å². The van der Waals surface area contributed by atoms with E-state index in [-0.39, 0.29) is 24.4 Å². The van der Waals surface area contributed by atoms with E-state index >= 15 is 0 Å². The van der Waals surface area contributed by atoms with Crippen molar-refractivity contribution in [1.82, 2.24) is 5.32 Å². The number of carbonyl (C=O) groups excluding carboxylic acids is 1. The second kappa shape index (κ2) is 11.4. The molecule has 0 radical (unpaired) electrons. The minimum absolute atomic E-state index is 0. The van der Waals surface area contributed by atoms with E-state index in [2.05, 4.69) is 5.32 Å². The number of amides is 1. The summed E-state index contributed by atoms with van der Waals surface area (Å²) in [5, 5.41) is 2.89. The Morgan fingerprint density at radius 1 is 1.39 bits per heavy atom. The molecule has 1 aliphatic rings. The van der Waals surface area contributed by atoms with Gasteiger partial charge in [0.25, 0.3) is 0 Å². The lowest BCUT2D eigenvalue weighted by molar-refractivity contribution is -0.121. The van der Waals surface area contributed by atoms with Gasteiger partial charge in [-0.15, -0.1) is 12.4 Å². The van der Waals surface area contributed by atoms with Gasteiger partial charge in [0.2, 0.25) is 5.91 Å². The molecule has 1 fully saturated rings. The highest BCUT2D eigenvalue weighted by molar-refractivity contribution is 5.85. The lowest BCUT2D eigenvalue weighted by atomic mass is 10.0. The molecule has 1 aliphatic heterocycles. The van der Waals surface area contributed by atoms with Crippen LogP contribution in [0.25, 0.3) is 0 Å². The van der Waals surface area contributed by atoms with Crippen LogP contribution in [0.2, 0.25) is 0 Å². The van der Waals surface area contributed by atoms with Crippen LogP contribution in [0.4, 0.5) is 0 Å². The van der Waals surface area contributed by atoms with Crippen LogP contribution >= 0.6 is 12.4 Å². The SMILES string of the molecule is Cl.NC(CC(=O)NCCCOCC1CCOC1)c1ccccc1. The zero-order valence-electron chi connectivity index (χ0n) is 13.4. The minimum Gasteiger partial charge on any atom is -0.381 e. The maximum atomic E-state index is 11.8. The summed E-state index contributed by atoms with van der Waals surface area (Å²) in [5.74, 6) is 0.527. The number of rotatable bonds is 9. The fraction of sp³-hybridized carbons (Fsp3) is 0.588. The molecule has 1 aromatic carbocycles. The second-order valence-electron chi connectivity index (χ2n) is 5.73. The topological polar surface area (TPSA) is 73.6 Å². The largest absolute Gasteiger partial charge is 0.381 e. The van der Waals surface area contributed by atoms with Gasteiger partial charge in [-0.3, -0.25) is 4.79 Å². The smallest absolute Gasteiger partial charge is 0.221 e. The molecule has 1 amide bonds. The molecule has 130 valence electrons. The summed E-state index contributed by atoms with van der Waals surface area (Å²) in [6.45, 7) is 3.72. The molecular formula is C17H27ClN2O3. The number of nitrogens with two attached hydrogens (primary N) is 1.